The molecule has 2 aliphatic heterocycles. The normalized spacial score (nSPS) is 26.1. The lowest BCUT2D eigenvalue weighted by molar-refractivity contribution is -0.127. The molecule has 1 fully saturated rings. The number of fused-ring (bicyclic) bond motifs is 1. The quantitative estimate of drug-likeness (QED) is 0.675. The molecular weight excluding hydrogens is 270 g/mol. The molecule has 2 heterocycles. The topological polar surface area (TPSA) is 108 Å². The first-order valence-electron chi connectivity index (χ1n) is 5.79. The van der Waals surface area contributed by atoms with Gasteiger partial charge in [-0.3, -0.25) is 14.9 Å². The van der Waals surface area contributed by atoms with Crippen molar-refractivity contribution in [2.75, 3.05) is 19.3 Å². The molecule has 0 aromatic heterocycles. The Morgan fingerprint density at radius 1 is 1.53 bits per heavy atom. The van der Waals surface area contributed by atoms with Gasteiger partial charge in [0, 0.05) is 13.6 Å². The van der Waals surface area contributed by atoms with E-state index in [1.165, 1.54) is 16.7 Å². The molecule has 8 nitrogen and oxygen atoms in total. The first kappa shape index (κ1) is 13.7. The second kappa shape index (κ2) is 5.08. The van der Waals surface area contributed by atoms with Crippen molar-refractivity contribution >= 4 is 34.8 Å². The van der Waals surface area contributed by atoms with Crippen molar-refractivity contribution in [3.05, 3.63) is 0 Å². The predicted octanol–water partition coefficient (Wildman–Crippen LogP) is -1.23. The minimum Gasteiger partial charge on any atom is -0.369 e. The van der Waals surface area contributed by atoms with Crippen LogP contribution < -0.4 is 11.1 Å². The monoisotopic (exact) mass is 285 g/mol. The van der Waals surface area contributed by atoms with Gasteiger partial charge in [0.15, 0.2) is 17.4 Å². The lowest BCUT2D eigenvalue weighted by Crippen LogP contribution is -2.63. The Balaban J connectivity index is 2.23. The Kier molecular flexibility index (Phi) is 3.65. The molecule has 3 N–H and O–H groups in total. The lowest BCUT2D eigenvalue weighted by atomic mass is 10.1. The van der Waals surface area contributed by atoms with Gasteiger partial charge < -0.3 is 15.5 Å². The summed E-state index contributed by atoms with van der Waals surface area (Å²) in [5, 5.41) is 2.85. The second-order valence-corrected chi connectivity index (χ2v) is 5.16. The van der Waals surface area contributed by atoms with E-state index in [2.05, 4.69) is 10.3 Å². The van der Waals surface area contributed by atoms with E-state index in [-0.39, 0.29) is 11.7 Å². The van der Waals surface area contributed by atoms with Crippen LogP contribution in [0, 0.1) is 0 Å². The van der Waals surface area contributed by atoms with E-state index in [1.807, 2.05) is 6.92 Å². The zero-order valence-corrected chi connectivity index (χ0v) is 11.4. The molecular formula is C10H15N5O3S. The Hall–Kier alpha value is -1.77. The minimum atomic E-state index is -0.545. The van der Waals surface area contributed by atoms with Crippen LogP contribution in [-0.2, 0) is 9.59 Å². The van der Waals surface area contributed by atoms with Crippen molar-refractivity contribution in [3.8, 4) is 0 Å². The standard InChI is InChI=1S/C10H15N5O3S/c1-3-15-6-7(12-10(15)19-4-5(11)16)14(2)9(18)13-8(6)17/h6-7H,3-4H2,1-2H3,(H2,11,16)(H,13,17,18). The van der Waals surface area contributed by atoms with Gasteiger partial charge in [0.1, 0.15) is 0 Å². The summed E-state index contributed by atoms with van der Waals surface area (Å²) in [6.45, 7) is 2.44. The van der Waals surface area contributed by atoms with Crippen LogP contribution in [0.2, 0.25) is 0 Å². The first-order chi connectivity index (χ1) is 8.95. The second-order valence-electron chi connectivity index (χ2n) is 4.22. The number of urea groups is 1. The van der Waals surface area contributed by atoms with Crippen molar-refractivity contribution in [1.82, 2.24) is 15.1 Å². The van der Waals surface area contributed by atoms with Crippen LogP contribution in [0.15, 0.2) is 4.99 Å². The van der Waals surface area contributed by atoms with E-state index in [4.69, 9.17) is 5.73 Å². The van der Waals surface area contributed by atoms with Gasteiger partial charge in [0.2, 0.25) is 5.91 Å². The zero-order chi connectivity index (χ0) is 14.2. The van der Waals surface area contributed by atoms with Gasteiger partial charge in [-0.25, -0.2) is 9.79 Å². The number of rotatable bonds is 3. The van der Waals surface area contributed by atoms with Gasteiger partial charge >= 0.3 is 6.03 Å². The van der Waals surface area contributed by atoms with E-state index in [1.54, 1.807) is 11.9 Å². The third kappa shape index (κ3) is 2.37. The highest BCUT2D eigenvalue weighted by Gasteiger charge is 2.47. The maximum atomic E-state index is 11.9. The zero-order valence-electron chi connectivity index (χ0n) is 10.6. The van der Waals surface area contributed by atoms with Crippen LogP contribution in [0.25, 0.3) is 0 Å². The number of thioether (sulfide) groups is 1. The fraction of sp³-hybridized carbons (Fsp3) is 0.600. The number of nitrogens with two attached hydrogens (primary N) is 1. The largest absolute Gasteiger partial charge is 0.369 e. The number of primary amides is 1. The van der Waals surface area contributed by atoms with Crippen molar-refractivity contribution in [2.24, 2.45) is 10.7 Å². The summed E-state index contributed by atoms with van der Waals surface area (Å²) in [6.07, 6.45) is -0.545. The van der Waals surface area contributed by atoms with Gasteiger partial charge in [-0.2, -0.15) is 0 Å². The molecule has 9 heteroatoms. The van der Waals surface area contributed by atoms with E-state index >= 15 is 0 Å². The van der Waals surface area contributed by atoms with Gasteiger partial charge in [-0.1, -0.05) is 11.8 Å². The fourth-order valence-corrected chi connectivity index (χ4v) is 2.95. The van der Waals surface area contributed by atoms with Crippen molar-refractivity contribution in [1.29, 1.82) is 0 Å². The minimum absolute atomic E-state index is 0.0913. The van der Waals surface area contributed by atoms with Crippen LogP contribution in [0.4, 0.5) is 4.79 Å². The number of hydrogen-bond donors (Lipinski definition) is 2. The molecule has 4 amide bonds. The molecule has 0 aromatic carbocycles. The van der Waals surface area contributed by atoms with Crippen molar-refractivity contribution in [2.45, 2.75) is 19.1 Å². The molecule has 0 saturated carbocycles. The number of amides is 4. The predicted molar refractivity (Wildman–Crippen MR) is 70.3 cm³/mol. The summed E-state index contributed by atoms with van der Waals surface area (Å²) in [4.78, 5) is 41.8. The van der Waals surface area contributed by atoms with Gasteiger partial charge in [-0.05, 0) is 6.92 Å². The lowest BCUT2D eigenvalue weighted by Gasteiger charge is -2.35. The highest BCUT2D eigenvalue weighted by Crippen LogP contribution is 2.27. The van der Waals surface area contributed by atoms with Gasteiger partial charge in [0.05, 0.1) is 5.75 Å². The molecule has 0 spiro atoms. The van der Waals surface area contributed by atoms with Gasteiger partial charge in [-0.15, -0.1) is 0 Å². The maximum Gasteiger partial charge on any atom is 0.325 e. The molecule has 19 heavy (non-hydrogen) atoms. The number of amidine groups is 1. The summed E-state index contributed by atoms with van der Waals surface area (Å²) in [5.41, 5.74) is 5.10. The number of carbonyl (C=O) groups is 3. The number of likely N-dealkylation sites (N-methyl/N-ethyl adjacent to an activating group) is 2. The number of imide groups is 1. The molecule has 2 aliphatic rings. The van der Waals surface area contributed by atoms with Crippen LogP contribution in [0.5, 0.6) is 0 Å². The number of aliphatic imine (C=N–C) groups is 1. The van der Waals surface area contributed by atoms with E-state index < -0.39 is 24.1 Å². The summed E-state index contributed by atoms with van der Waals surface area (Å²) < 4.78 is 0. The summed E-state index contributed by atoms with van der Waals surface area (Å²) in [5.74, 6) is -0.727. The third-order valence-corrected chi connectivity index (χ3v) is 4.03. The van der Waals surface area contributed by atoms with Crippen LogP contribution in [-0.4, -0.2) is 64.4 Å². The Bertz CT molecular complexity index is 466. The molecule has 0 bridgehead atoms. The molecule has 1 saturated heterocycles. The van der Waals surface area contributed by atoms with Crippen molar-refractivity contribution in [3.63, 3.8) is 0 Å². The van der Waals surface area contributed by atoms with Gasteiger partial charge in [0.25, 0.3) is 5.91 Å². The number of nitrogens with zero attached hydrogens (tertiary/aromatic N) is 3. The number of carbonyl (C=O) groups excluding carboxylic acids is 3. The molecule has 2 atom stereocenters. The van der Waals surface area contributed by atoms with E-state index in [0.29, 0.717) is 11.7 Å². The number of hydrogen-bond acceptors (Lipinski definition) is 6. The summed E-state index contributed by atoms with van der Waals surface area (Å²) in [7, 11) is 1.58. The van der Waals surface area contributed by atoms with E-state index in [9.17, 15) is 14.4 Å². The van der Waals surface area contributed by atoms with Crippen LogP contribution in [0.1, 0.15) is 6.92 Å². The summed E-state index contributed by atoms with van der Waals surface area (Å²) >= 11 is 1.18. The van der Waals surface area contributed by atoms with Crippen molar-refractivity contribution < 1.29 is 14.4 Å². The molecule has 2 unspecified atom stereocenters. The molecule has 0 aromatic rings. The smallest absolute Gasteiger partial charge is 0.325 e. The Morgan fingerprint density at radius 3 is 2.79 bits per heavy atom. The third-order valence-electron chi connectivity index (χ3n) is 3.01. The number of nitrogens with one attached hydrogen (secondary N) is 1. The Morgan fingerprint density at radius 2 is 2.21 bits per heavy atom. The highest BCUT2D eigenvalue weighted by atomic mass is 32.2. The SMILES string of the molecule is CCN1C(SCC(N)=O)=NC2C1C(=O)NC(=O)N2C. The Labute approximate surface area is 114 Å². The maximum absolute atomic E-state index is 11.9. The average molecular weight is 285 g/mol. The first-order valence-corrected chi connectivity index (χ1v) is 6.77. The summed E-state index contributed by atoms with van der Waals surface area (Å²) in [6, 6.07) is -1.00. The fourth-order valence-electron chi connectivity index (χ4n) is 2.09. The molecule has 104 valence electrons. The van der Waals surface area contributed by atoms with Crippen LogP contribution >= 0.6 is 11.8 Å². The average Bonchev–Trinajstić information content (AvgIpc) is 2.72. The molecule has 0 aliphatic carbocycles. The molecule has 2 rings (SSSR count). The van der Waals surface area contributed by atoms with E-state index in [0.717, 1.165) is 0 Å². The highest BCUT2D eigenvalue weighted by molar-refractivity contribution is 8.14. The molecule has 0 radical (unpaired) electrons. The van der Waals surface area contributed by atoms with Crippen LogP contribution in [0.3, 0.4) is 0 Å².